The maximum atomic E-state index is 12.7. The number of pyridine rings is 1. The van der Waals surface area contributed by atoms with Crippen LogP contribution in [0.3, 0.4) is 0 Å². The summed E-state index contributed by atoms with van der Waals surface area (Å²) in [5.41, 5.74) is 3.72. The van der Waals surface area contributed by atoms with Crippen molar-refractivity contribution in [3.8, 4) is 0 Å². The minimum atomic E-state index is -0.104. The van der Waals surface area contributed by atoms with Gasteiger partial charge in [-0.3, -0.25) is 9.78 Å². The zero-order valence-electron chi connectivity index (χ0n) is 15.9. The number of hydrogen-bond acceptors (Lipinski definition) is 4. The topological polar surface area (TPSA) is 48.5 Å². The average molecular weight is 364 g/mol. The van der Waals surface area contributed by atoms with Crippen LogP contribution in [0.25, 0.3) is 0 Å². The minimum absolute atomic E-state index is 0.104. The van der Waals surface area contributed by atoms with Crippen LogP contribution >= 0.6 is 0 Å². The van der Waals surface area contributed by atoms with Gasteiger partial charge >= 0.3 is 0 Å². The van der Waals surface area contributed by atoms with E-state index < -0.39 is 0 Å². The van der Waals surface area contributed by atoms with Gasteiger partial charge in [-0.25, -0.2) is 0 Å². The molecular weight excluding hydrogens is 336 g/mol. The van der Waals surface area contributed by atoms with Crippen molar-refractivity contribution in [1.82, 2.24) is 4.98 Å². The maximum Gasteiger partial charge on any atom is 0.257 e. The summed E-state index contributed by atoms with van der Waals surface area (Å²) in [5, 5.41) is 3.00. The quantitative estimate of drug-likeness (QED) is 0.878. The fourth-order valence-electron chi connectivity index (χ4n) is 3.99. The summed E-state index contributed by atoms with van der Waals surface area (Å²) in [6.07, 6.45) is 11.0. The lowest BCUT2D eigenvalue weighted by Gasteiger charge is -2.22. The predicted octanol–water partition coefficient (Wildman–Crippen LogP) is 4.31. The number of carbonyl (C=O) groups excluding carboxylic acids is 1. The summed E-state index contributed by atoms with van der Waals surface area (Å²) < 4.78 is 0. The van der Waals surface area contributed by atoms with Gasteiger partial charge in [0, 0.05) is 43.8 Å². The van der Waals surface area contributed by atoms with Crippen LogP contribution in [-0.4, -0.2) is 37.1 Å². The lowest BCUT2D eigenvalue weighted by Crippen LogP contribution is -2.24. The molecule has 1 amide bonds. The lowest BCUT2D eigenvalue weighted by atomic mass is 10.2. The lowest BCUT2D eigenvalue weighted by molar-refractivity contribution is 0.102. The van der Waals surface area contributed by atoms with Gasteiger partial charge in [0.15, 0.2) is 0 Å². The highest BCUT2D eigenvalue weighted by Gasteiger charge is 2.14. The Hall–Kier alpha value is -2.56. The van der Waals surface area contributed by atoms with Crippen molar-refractivity contribution in [3.05, 3.63) is 48.3 Å². The van der Waals surface area contributed by atoms with Gasteiger partial charge in [-0.1, -0.05) is 12.8 Å². The molecule has 0 saturated carbocycles. The Kier molecular flexibility index (Phi) is 5.56. The van der Waals surface area contributed by atoms with Crippen molar-refractivity contribution in [2.24, 2.45) is 0 Å². The molecule has 142 valence electrons. The molecule has 2 saturated heterocycles. The molecule has 2 aromatic rings. The molecule has 2 aliphatic heterocycles. The van der Waals surface area contributed by atoms with E-state index in [0.717, 1.165) is 37.6 Å². The van der Waals surface area contributed by atoms with Crippen LogP contribution in [0.5, 0.6) is 0 Å². The van der Waals surface area contributed by atoms with E-state index >= 15 is 0 Å². The first-order valence-electron chi connectivity index (χ1n) is 10.2. The van der Waals surface area contributed by atoms with Gasteiger partial charge in [0.2, 0.25) is 0 Å². The highest BCUT2D eigenvalue weighted by Crippen LogP contribution is 2.23. The summed E-state index contributed by atoms with van der Waals surface area (Å²) in [7, 11) is 0. The van der Waals surface area contributed by atoms with Gasteiger partial charge < -0.3 is 15.1 Å². The van der Waals surface area contributed by atoms with Gasteiger partial charge in [-0.05, 0) is 56.0 Å². The highest BCUT2D eigenvalue weighted by atomic mass is 16.1. The molecule has 0 unspecified atom stereocenters. The van der Waals surface area contributed by atoms with E-state index in [2.05, 4.69) is 32.2 Å². The first-order valence-corrected chi connectivity index (χ1v) is 10.2. The summed E-state index contributed by atoms with van der Waals surface area (Å²) in [4.78, 5) is 21.7. The number of carbonyl (C=O) groups is 1. The second-order valence-corrected chi connectivity index (χ2v) is 7.53. The molecule has 5 heteroatoms. The van der Waals surface area contributed by atoms with Gasteiger partial charge in [-0.15, -0.1) is 0 Å². The number of benzene rings is 1. The fourth-order valence-corrected chi connectivity index (χ4v) is 3.99. The first-order chi connectivity index (χ1) is 13.3. The molecule has 1 N–H and O–H groups in total. The fraction of sp³-hybridized carbons (Fsp3) is 0.455. The van der Waals surface area contributed by atoms with Crippen molar-refractivity contribution in [2.75, 3.05) is 41.3 Å². The molecule has 0 bridgehead atoms. The van der Waals surface area contributed by atoms with E-state index in [9.17, 15) is 4.79 Å². The summed E-state index contributed by atoms with van der Waals surface area (Å²) in [5.74, 6) is -0.104. The summed E-state index contributed by atoms with van der Waals surface area (Å²) in [6.45, 7) is 4.34. The number of rotatable bonds is 4. The molecule has 2 aliphatic rings. The summed E-state index contributed by atoms with van der Waals surface area (Å²) >= 11 is 0. The number of anilines is 3. The Balaban J connectivity index is 1.42. The van der Waals surface area contributed by atoms with E-state index in [1.807, 2.05) is 24.4 Å². The van der Waals surface area contributed by atoms with Crippen molar-refractivity contribution in [1.29, 1.82) is 0 Å². The molecule has 3 heterocycles. The Bertz CT molecular complexity index is 760. The van der Waals surface area contributed by atoms with Gasteiger partial charge in [0.1, 0.15) is 0 Å². The number of hydrogen-bond donors (Lipinski definition) is 1. The molecule has 0 radical (unpaired) electrons. The predicted molar refractivity (Wildman–Crippen MR) is 111 cm³/mol. The van der Waals surface area contributed by atoms with Crippen LogP contribution in [0.4, 0.5) is 17.1 Å². The van der Waals surface area contributed by atoms with E-state index in [0.29, 0.717) is 5.56 Å². The number of aromatic nitrogens is 1. The maximum absolute atomic E-state index is 12.7. The Morgan fingerprint density at radius 3 is 2.04 bits per heavy atom. The normalized spacial score (nSPS) is 17.6. The van der Waals surface area contributed by atoms with Crippen LogP contribution in [0.1, 0.15) is 48.9 Å². The van der Waals surface area contributed by atoms with Crippen LogP contribution in [0.15, 0.2) is 42.7 Å². The molecule has 0 atom stereocenters. The zero-order chi connectivity index (χ0) is 18.5. The third-order valence-corrected chi connectivity index (χ3v) is 5.55. The third-order valence-electron chi connectivity index (χ3n) is 5.55. The second-order valence-electron chi connectivity index (χ2n) is 7.53. The van der Waals surface area contributed by atoms with E-state index in [4.69, 9.17) is 0 Å². The van der Waals surface area contributed by atoms with Crippen molar-refractivity contribution < 1.29 is 4.79 Å². The van der Waals surface area contributed by atoms with Crippen LogP contribution < -0.4 is 15.1 Å². The van der Waals surface area contributed by atoms with E-state index in [1.165, 1.54) is 44.2 Å². The van der Waals surface area contributed by atoms with Gasteiger partial charge in [0.05, 0.1) is 17.4 Å². The number of nitrogens with zero attached hydrogens (tertiary/aromatic N) is 3. The first kappa shape index (κ1) is 17.8. The largest absolute Gasteiger partial charge is 0.372 e. The van der Waals surface area contributed by atoms with Crippen molar-refractivity contribution >= 4 is 23.0 Å². The monoisotopic (exact) mass is 364 g/mol. The summed E-state index contributed by atoms with van der Waals surface area (Å²) in [6, 6.07) is 10.1. The molecule has 1 aromatic carbocycles. The van der Waals surface area contributed by atoms with Crippen molar-refractivity contribution in [2.45, 2.75) is 38.5 Å². The SMILES string of the molecule is O=C(Nc1ccc(N2CCCC2)cc1)c1cncc(N2CCCCCC2)c1. The Morgan fingerprint density at radius 1 is 0.778 bits per heavy atom. The van der Waals surface area contributed by atoms with E-state index in [-0.39, 0.29) is 5.91 Å². The minimum Gasteiger partial charge on any atom is -0.372 e. The third kappa shape index (κ3) is 4.41. The van der Waals surface area contributed by atoms with E-state index in [1.54, 1.807) is 6.20 Å². The van der Waals surface area contributed by atoms with Crippen LogP contribution in [0.2, 0.25) is 0 Å². The Morgan fingerprint density at radius 2 is 1.37 bits per heavy atom. The molecule has 0 spiro atoms. The van der Waals surface area contributed by atoms with Crippen LogP contribution in [-0.2, 0) is 0 Å². The molecule has 1 aromatic heterocycles. The smallest absolute Gasteiger partial charge is 0.257 e. The second kappa shape index (κ2) is 8.42. The number of nitrogens with one attached hydrogen (secondary N) is 1. The standard InChI is InChI=1S/C22H28N4O/c27-22(24-19-7-9-20(10-8-19)25-13-5-6-14-25)18-15-21(17-23-16-18)26-11-3-1-2-4-12-26/h7-10,15-17H,1-6,11-14H2,(H,24,27). The molecular formula is C22H28N4O. The molecule has 4 rings (SSSR count). The average Bonchev–Trinajstić information content (AvgIpc) is 3.11. The van der Waals surface area contributed by atoms with Gasteiger partial charge in [-0.2, -0.15) is 0 Å². The molecule has 2 fully saturated rings. The number of amides is 1. The molecule has 5 nitrogen and oxygen atoms in total. The van der Waals surface area contributed by atoms with Crippen molar-refractivity contribution in [3.63, 3.8) is 0 Å². The zero-order valence-corrected chi connectivity index (χ0v) is 15.9. The van der Waals surface area contributed by atoms with Gasteiger partial charge in [0.25, 0.3) is 5.91 Å². The van der Waals surface area contributed by atoms with Crippen LogP contribution in [0, 0.1) is 0 Å². The highest BCUT2D eigenvalue weighted by molar-refractivity contribution is 6.04. The Labute approximate surface area is 161 Å². The molecule has 27 heavy (non-hydrogen) atoms. The molecule has 0 aliphatic carbocycles.